The van der Waals surface area contributed by atoms with Gasteiger partial charge >= 0.3 is 124 Å². The molecular formula is C12H33BrSi3Sn. The molecule has 0 saturated carbocycles. The third-order valence-corrected chi connectivity index (χ3v) is 72.8. The van der Waals surface area contributed by atoms with E-state index in [-0.39, 0.29) is 0 Å². The fourth-order valence-electron chi connectivity index (χ4n) is 6.05. The molecule has 0 spiro atoms. The molecule has 17 heavy (non-hydrogen) atoms. The Kier molecular flexibility index (Phi) is 5.61. The predicted molar refractivity (Wildman–Crippen MR) is 99.1 cm³/mol. The Bertz CT molecular complexity index is 215. The van der Waals surface area contributed by atoms with Crippen molar-refractivity contribution in [2.24, 2.45) is 0 Å². The van der Waals surface area contributed by atoms with E-state index in [9.17, 15) is 0 Å². The van der Waals surface area contributed by atoms with Gasteiger partial charge in [-0.05, 0) is 0 Å². The van der Waals surface area contributed by atoms with Gasteiger partial charge in [-0.2, -0.15) is 0 Å². The molecule has 0 aliphatic carbocycles. The molecule has 0 aliphatic rings. The summed E-state index contributed by atoms with van der Waals surface area (Å²) in [5, 5.41) is 0. The Hall–Kier alpha value is 1.93. The SMILES string of the molecule is C[Si](C)(C)[C]([Si](C)(C)C)([Si](C)(C)C)[Sn]([CH3])([CH3])[Br]. The van der Waals surface area contributed by atoms with Crippen molar-refractivity contribution in [1.82, 2.24) is 0 Å². The molecule has 104 valence electrons. The molecule has 0 rings (SSSR count). The van der Waals surface area contributed by atoms with Crippen LogP contribution < -0.4 is 0 Å². The minimum absolute atomic E-state index is 0.793. The molecular weight excluding hydrogens is 427 g/mol. The molecule has 0 aromatic carbocycles. The third kappa shape index (κ3) is 3.16. The quantitative estimate of drug-likeness (QED) is 0.455. The molecule has 0 atom stereocenters. The van der Waals surface area contributed by atoms with E-state index in [0.29, 0.717) is 0 Å². The van der Waals surface area contributed by atoms with Crippen LogP contribution in [0, 0.1) is 0 Å². The van der Waals surface area contributed by atoms with Gasteiger partial charge in [0, 0.05) is 0 Å². The van der Waals surface area contributed by atoms with Crippen LogP contribution in [-0.4, -0.2) is 40.4 Å². The van der Waals surface area contributed by atoms with E-state index >= 15 is 0 Å². The summed E-state index contributed by atoms with van der Waals surface area (Å²) in [6, 6.07) is 0. The van der Waals surface area contributed by atoms with E-state index in [1.165, 1.54) is 0 Å². The van der Waals surface area contributed by atoms with Crippen molar-refractivity contribution in [2.45, 2.75) is 71.1 Å². The summed E-state index contributed by atoms with van der Waals surface area (Å²) < 4.78 is 0.793. The van der Waals surface area contributed by atoms with Gasteiger partial charge in [-0.3, -0.25) is 0 Å². The number of rotatable bonds is 4. The maximum atomic E-state index is 4.32. The van der Waals surface area contributed by atoms with Crippen molar-refractivity contribution < 1.29 is 0 Å². The predicted octanol–water partition coefficient (Wildman–Crippen LogP) is 5.96. The molecule has 0 saturated heterocycles. The van der Waals surface area contributed by atoms with E-state index in [4.69, 9.17) is 0 Å². The second-order valence-corrected chi connectivity index (χ2v) is 54.3. The van der Waals surface area contributed by atoms with Gasteiger partial charge in [0.25, 0.3) is 0 Å². The van der Waals surface area contributed by atoms with E-state index in [2.05, 4.69) is 81.5 Å². The van der Waals surface area contributed by atoms with Crippen LogP contribution in [0.3, 0.4) is 0 Å². The Labute approximate surface area is 123 Å². The molecule has 5 heteroatoms. The first-order valence-corrected chi connectivity index (χ1v) is 30.7. The summed E-state index contributed by atoms with van der Waals surface area (Å²) in [6.07, 6.45) is 0. The van der Waals surface area contributed by atoms with E-state index < -0.39 is 40.4 Å². The standard InChI is InChI=1S/C10H27Si3.2CH3.BrH.Sn/c1-11(2,3)10(12(4,5)6)13(7,8)9;;;;/h1-9H3;2*1H3;1H;/q;;;;+1/p-1. The zero-order chi connectivity index (χ0) is 14.5. The van der Waals surface area contributed by atoms with Gasteiger partial charge < -0.3 is 0 Å². The van der Waals surface area contributed by atoms with Crippen molar-refractivity contribution in [1.29, 1.82) is 0 Å². The summed E-state index contributed by atoms with van der Waals surface area (Å²) in [7, 11) is -3.52. The van der Waals surface area contributed by atoms with Crippen molar-refractivity contribution in [3.8, 4) is 0 Å². The number of hydrogen-bond acceptors (Lipinski definition) is 0. The molecule has 0 heterocycles. The second kappa shape index (κ2) is 5.04. The van der Waals surface area contributed by atoms with Crippen LogP contribution in [0.15, 0.2) is 0 Å². The molecule has 0 unspecified atom stereocenters. The van der Waals surface area contributed by atoms with E-state index in [0.717, 1.165) is 2.30 Å². The van der Waals surface area contributed by atoms with E-state index in [1.807, 2.05) is 0 Å². The van der Waals surface area contributed by atoms with Crippen molar-refractivity contribution in [3.05, 3.63) is 0 Å². The Morgan fingerprint density at radius 1 is 0.647 bits per heavy atom. The van der Waals surface area contributed by atoms with Crippen molar-refractivity contribution in [3.63, 3.8) is 0 Å². The molecule has 0 nitrogen and oxygen atoms in total. The molecule has 0 aliphatic heterocycles. The van der Waals surface area contributed by atoms with Crippen LogP contribution >= 0.6 is 12.7 Å². The first-order chi connectivity index (χ1) is 7.00. The average molecular weight is 460 g/mol. The van der Waals surface area contributed by atoms with Gasteiger partial charge in [0.1, 0.15) is 0 Å². The van der Waals surface area contributed by atoms with Gasteiger partial charge in [-0.15, -0.1) is 0 Å². The van der Waals surface area contributed by atoms with Gasteiger partial charge in [0.2, 0.25) is 0 Å². The summed E-state index contributed by atoms with van der Waals surface area (Å²) >= 11 is 2.15. The van der Waals surface area contributed by atoms with Gasteiger partial charge in [-0.1, -0.05) is 0 Å². The fourth-order valence-corrected chi connectivity index (χ4v) is 120. The molecule has 0 amide bonds. The van der Waals surface area contributed by atoms with Crippen LogP contribution in [0.2, 0.25) is 71.1 Å². The van der Waals surface area contributed by atoms with Crippen molar-refractivity contribution >= 4 is 53.1 Å². The normalized spacial score (nSPS) is 16.2. The topological polar surface area (TPSA) is 0 Å². The monoisotopic (exact) mass is 460 g/mol. The minimum atomic E-state index is -2.17. The molecule has 0 aromatic rings. The number of halogens is 1. The van der Waals surface area contributed by atoms with Gasteiger partial charge in [0.15, 0.2) is 0 Å². The fraction of sp³-hybridized carbons (Fsp3) is 1.00. The Morgan fingerprint density at radius 3 is 0.824 bits per heavy atom. The van der Waals surface area contributed by atoms with E-state index in [1.54, 1.807) is 0 Å². The van der Waals surface area contributed by atoms with Gasteiger partial charge in [0.05, 0.1) is 0 Å². The second-order valence-electron chi connectivity index (χ2n) is 8.97. The third-order valence-electron chi connectivity index (χ3n) is 4.27. The van der Waals surface area contributed by atoms with Crippen LogP contribution in [-0.2, 0) is 0 Å². The van der Waals surface area contributed by atoms with Crippen LogP contribution in [0.25, 0.3) is 0 Å². The summed E-state index contributed by atoms with van der Waals surface area (Å²) in [6.45, 7) is 23.8. The van der Waals surface area contributed by atoms with Crippen molar-refractivity contribution in [2.75, 3.05) is 0 Å². The molecule has 0 N–H and O–H groups in total. The van der Waals surface area contributed by atoms with Crippen LogP contribution in [0.1, 0.15) is 0 Å². The maximum absolute atomic E-state index is 4.32. The number of hydrogen-bond donors (Lipinski definition) is 0. The Balaban J connectivity index is 6.37. The van der Waals surface area contributed by atoms with Gasteiger partial charge in [-0.25, -0.2) is 0 Å². The average Bonchev–Trinajstić information content (AvgIpc) is 1.67. The first-order valence-electron chi connectivity index (χ1n) is 6.69. The first kappa shape index (κ1) is 18.9. The molecule has 0 radical (unpaired) electrons. The zero-order valence-electron chi connectivity index (χ0n) is 13.9. The summed E-state index contributed by atoms with van der Waals surface area (Å²) in [5.74, 6) is 0. The molecule has 0 fully saturated rings. The summed E-state index contributed by atoms with van der Waals surface area (Å²) in [4.78, 5) is 5.28. The zero-order valence-corrected chi connectivity index (χ0v) is 21.3. The molecule has 0 aromatic heterocycles. The Morgan fingerprint density at radius 2 is 0.824 bits per heavy atom. The van der Waals surface area contributed by atoms with Crippen LogP contribution in [0.4, 0.5) is 0 Å². The summed E-state index contributed by atoms with van der Waals surface area (Å²) in [5.41, 5.74) is 0. The molecule has 0 bridgehead atoms. The van der Waals surface area contributed by atoms with Crippen LogP contribution in [0.5, 0.6) is 0 Å².